The van der Waals surface area contributed by atoms with E-state index in [1.54, 1.807) is 10.9 Å². The molecular formula is C19H27N5O. The third kappa shape index (κ3) is 5.32. The number of piperidine rings is 1. The van der Waals surface area contributed by atoms with E-state index in [1.165, 1.54) is 5.56 Å². The highest BCUT2D eigenvalue weighted by molar-refractivity contribution is 5.73. The van der Waals surface area contributed by atoms with E-state index >= 15 is 0 Å². The molecule has 1 aliphatic rings. The van der Waals surface area contributed by atoms with Crippen LogP contribution in [0, 0.1) is 5.92 Å². The Morgan fingerprint density at radius 1 is 1.16 bits per heavy atom. The third-order valence-electron chi connectivity index (χ3n) is 4.86. The maximum atomic E-state index is 11.9. The molecule has 6 heteroatoms. The lowest BCUT2D eigenvalue weighted by Crippen LogP contribution is -2.41. The Morgan fingerprint density at radius 3 is 2.60 bits per heavy atom. The fraction of sp³-hybridized carbons (Fsp3) is 0.474. The van der Waals surface area contributed by atoms with Crippen molar-refractivity contribution in [3.63, 3.8) is 0 Å². The molecule has 2 N–H and O–H groups in total. The molecule has 134 valence electrons. The predicted molar refractivity (Wildman–Crippen MR) is 97.9 cm³/mol. The summed E-state index contributed by atoms with van der Waals surface area (Å²) in [6.45, 7) is 4.45. The standard InChI is InChI=1S/C19H27N5O/c1-23-18(7-10-22-23)14-21-19(25)20-13-16-8-11-24(12-9-16)15-17-5-3-2-4-6-17/h2-7,10,16H,8-9,11-15H2,1H3,(H2,20,21,25). The molecule has 1 saturated heterocycles. The zero-order valence-electron chi connectivity index (χ0n) is 14.8. The van der Waals surface area contributed by atoms with Crippen molar-refractivity contribution >= 4 is 6.03 Å². The number of aryl methyl sites for hydroxylation is 1. The number of hydrogen-bond acceptors (Lipinski definition) is 3. The Morgan fingerprint density at radius 2 is 1.92 bits per heavy atom. The van der Waals surface area contributed by atoms with E-state index in [4.69, 9.17) is 0 Å². The maximum absolute atomic E-state index is 11.9. The van der Waals surface area contributed by atoms with Crippen LogP contribution in [0.2, 0.25) is 0 Å². The van der Waals surface area contributed by atoms with Crippen LogP contribution in [0.25, 0.3) is 0 Å². The number of nitrogens with zero attached hydrogens (tertiary/aromatic N) is 3. The molecule has 0 saturated carbocycles. The molecule has 25 heavy (non-hydrogen) atoms. The molecule has 1 aliphatic heterocycles. The van der Waals surface area contributed by atoms with Gasteiger partial charge < -0.3 is 10.6 Å². The molecule has 3 rings (SSSR count). The normalized spacial score (nSPS) is 15.9. The highest BCUT2D eigenvalue weighted by Gasteiger charge is 2.19. The van der Waals surface area contributed by atoms with Crippen molar-refractivity contribution in [3.05, 3.63) is 53.9 Å². The van der Waals surface area contributed by atoms with Gasteiger partial charge in [-0.25, -0.2) is 4.79 Å². The molecule has 6 nitrogen and oxygen atoms in total. The first kappa shape index (κ1) is 17.5. The Hall–Kier alpha value is -2.34. The number of nitrogens with one attached hydrogen (secondary N) is 2. The lowest BCUT2D eigenvalue weighted by atomic mass is 9.96. The van der Waals surface area contributed by atoms with Gasteiger partial charge in [0.05, 0.1) is 12.2 Å². The second kappa shape index (κ2) is 8.67. The fourth-order valence-corrected chi connectivity index (χ4v) is 3.24. The van der Waals surface area contributed by atoms with Gasteiger partial charge in [0.25, 0.3) is 0 Å². The molecule has 0 atom stereocenters. The summed E-state index contributed by atoms with van der Waals surface area (Å²) in [5.41, 5.74) is 2.36. The minimum absolute atomic E-state index is 0.104. The molecule has 2 amide bonds. The average molecular weight is 341 g/mol. The Kier molecular flexibility index (Phi) is 6.06. The number of amides is 2. The predicted octanol–water partition coefficient (Wildman–Crippen LogP) is 2.13. The zero-order valence-corrected chi connectivity index (χ0v) is 14.8. The number of urea groups is 1. The van der Waals surface area contributed by atoms with Crippen molar-refractivity contribution in [1.82, 2.24) is 25.3 Å². The van der Waals surface area contributed by atoms with E-state index in [-0.39, 0.29) is 6.03 Å². The van der Waals surface area contributed by atoms with Gasteiger partial charge in [-0.05, 0) is 43.5 Å². The summed E-state index contributed by atoms with van der Waals surface area (Å²) in [5, 5.41) is 9.98. The van der Waals surface area contributed by atoms with Gasteiger partial charge >= 0.3 is 6.03 Å². The van der Waals surface area contributed by atoms with E-state index in [9.17, 15) is 4.79 Å². The van der Waals surface area contributed by atoms with Gasteiger partial charge in [-0.3, -0.25) is 9.58 Å². The van der Waals surface area contributed by atoms with Crippen LogP contribution in [0.3, 0.4) is 0 Å². The number of likely N-dealkylation sites (tertiary alicyclic amines) is 1. The second-order valence-corrected chi connectivity index (χ2v) is 6.71. The van der Waals surface area contributed by atoms with Gasteiger partial charge in [-0.1, -0.05) is 30.3 Å². The Labute approximate surface area is 149 Å². The van der Waals surface area contributed by atoms with E-state index < -0.39 is 0 Å². The molecule has 1 fully saturated rings. The van der Waals surface area contributed by atoms with Crippen LogP contribution in [-0.2, 0) is 20.1 Å². The minimum atomic E-state index is -0.104. The summed E-state index contributed by atoms with van der Waals surface area (Å²) in [6.07, 6.45) is 4.00. The van der Waals surface area contributed by atoms with Gasteiger partial charge in [0, 0.05) is 26.3 Å². The number of hydrogen-bond donors (Lipinski definition) is 2. The molecule has 2 aromatic rings. The first-order chi connectivity index (χ1) is 12.2. The first-order valence-corrected chi connectivity index (χ1v) is 8.95. The lowest BCUT2D eigenvalue weighted by molar-refractivity contribution is 0.175. The van der Waals surface area contributed by atoms with Crippen LogP contribution in [0.15, 0.2) is 42.6 Å². The summed E-state index contributed by atoms with van der Waals surface area (Å²) < 4.78 is 1.77. The highest BCUT2D eigenvalue weighted by Crippen LogP contribution is 2.18. The Balaban J connectivity index is 1.32. The van der Waals surface area contributed by atoms with Crippen LogP contribution >= 0.6 is 0 Å². The highest BCUT2D eigenvalue weighted by atomic mass is 16.2. The summed E-state index contributed by atoms with van der Waals surface area (Å²) in [5.74, 6) is 0.564. The number of aromatic nitrogens is 2. The van der Waals surface area contributed by atoms with Crippen molar-refractivity contribution < 1.29 is 4.79 Å². The summed E-state index contributed by atoms with van der Waals surface area (Å²) >= 11 is 0. The smallest absolute Gasteiger partial charge is 0.315 e. The topological polar surface area (TPSA) is 62.2 Å². The molecule has 0 aliphatic carbocycles. The van der Waals surface area contributed by atoms with Crippen molar-refractivity contribution in [2.45, 2.75) is 25.9 Å². The molecule has 0 spiro atoms. The van der Waals surface area contributed by atoms with Gasteiger partial charge in [0.15, 0.2) is 0 Å². The third-order valence-corrected chi connectivity index (χ3v) is 4.86. The van der Waals surface area contributed by atoms with Crippen molar-refractivity contribution in [1.29, 1.82) is 0 Å². The molecule has 0 unspecified atom stereocenters. The molecule has 0 bridgehead atoms. The molecule has 1 aromatic heterocycles. The SMILES string of the molecule is Cn1nccc1CNC(=O)NCC1CCN(Cc2ccccc2)CC1. The second-order valence-electron chi connectivity index (χ2n) is 6.71. The van der Waals surface area contributed by atoms with E-state index in [2.05, 4.69) is 51.0 Å². The average Bonchev–Trinajstić information content (AvgIpc) is 3.05. The van der Waals surface area contributed by atoms with Crippen LogP contribution in [0.5, 0.6) is 0 Å². The van der Waals surface area contributed by atoms with E-state index in [1.807, 2.05) is 13.1 Å². The number of rotatable bonds is 6. The van der Waals surface area contributed by atoms with Gasteiger partial charge in [-0.15, -0.1) is 0 Å². The quantitative estimate of drug-likeness (QED) is 0.846. The van der Waals surface area contributed by atoms with Crippen LogP contribution in [0.4, 0.5) is 4.79 Å². The molecule has 0 radical (unpaired) electrons. The van der Waals surface area contributed by atoms with Crippen molar-refractivity contribution in [2.75, 3.05) is 19.6 Å². The molecule has 1 aromatic carbocycles. The monoisotopic (exact) mass is 341 g/mol. The molecular weight excluding hydrogens is 314 g/mol. The van der Waals surface area contributed by atoms with Crippen LogP contribution < -0.4 is 10.6 Å². The van der Waals surface area contributed by atoms with Crippen LogP contribution in [0.1, 0.15) is 24.1 Å². The number of carbonyl (C=O) groups excluding carboxylic acids is 1. The van der Waals surface area contributed by atoms with Crippen molar-refractivity contribution in [3.8, 4) is 0 Å². The molecule has 2 heterocycles. The number of benzene rings is 1. The zero-order chi connectivity index (χ0) is 17.5. The largest absolute Gasteiger partial charge is 0.338 e. The Bertz CT molecular complexity index is 661. The lowest BCUT2D eigenvalue weighted by Gasteiger charge is -2.32. The first-order valence-electron chi connectivity index (χ1n) is 8.95. The van der Waals surface area contributed by atoms with Gasteiger partial charge in [-0.2, -0.15) is 5.10 Å². The minimum Gasteiger partial charge on any atom is -0.338 e. The maximum Gasteiger partial charge on any atom is 0.315 e. The van der Waals surface area contributed by atoms with Gasteiger partial charge in [0.2, 0.25) is 0 Å². The summed E-state index contributed by atoms with van der Waals surface area (Å²) in [7, 11) is 1.87. The number of carbonyl (C=O) groups is 1. The van der Waals surface area contributed by atoms with Crippen LogP contribution in [-0.4, -0.2) is 40.3 Å². The fourth-order valence-electron chi connectivity index (χ4n) is 3.24. The van der Waals surface area contributed by atoms with Crippen molar-refractivity contribution in [2.24, 2.45) is 13.0 Å². The van der Waals surface area contributed by atoms with E-state index in [0.29, 0.717) is 12.5 Å². The van der Waals surface area contributed by atoms with E-state index in [0.717, 1.165) is 44.7 Å². The summed E-state index contributed by atoms with van der Waals surface area (Å²) in [6, 6.07) is 12.4. The van der Waals surface area contributed by atoms with Gasteiger partial charge in [0.1, 0.15) is 0 Å². The summed E-state index contributed by atoms with van der Waals surface area (Å²) in [4.78, 5) is 14.4.